The molecule has 16 heteroatoms. The van der Waals surface area contributed by atoms with E-state index in [1.807, 2.05) is 13.8 Å². The smallest absolute Gasteiger partial charge is 0.200 e. The van der Waals surface area contributed by atoms with Crippen LogP contribution in [0.5, 0.6) is 0 Å². The molecule has 0 heterocycles. The summed E-state index contributed by atoms with van der Waals surface area (Å²) in [5.74, 6) is -59.7. The van der Waals surface area contributed by atoms with Gasteiger partial charge in [0.05, 0.1) is 0 Å². The Morgan fingerprint density at radius 1 is 0.395 bits per heavy atom. The van der Waals surface area contributed by atoms with E-state index in [0.29, 0.717) is 18.8 Å². The molecule has 0 spiro atoms. The van der Waals surface area contributed by atoms with Crippen LogP contribution in [0.15, 0.2) is 0 Å². The minimum absolute atomic E-state index is 0.128. The molecular formula is C22H30F16. The van der Waals surface area contributed by atoms with Crippen LogP contribution in [-0.2, 0) is 0 Å². The topological polar surface area (TPSA) is 0 Å². The summed E-state index contributed by atoms with van der Waals surface area (Å²) < 4.78 is 216. The highest BCUT2D eigenvalue weighted by Gasteiger charge is 2.94. The van der Waals surface area contributed by atoms with E-state index in [1.165, 1.54) is 0 Å². The van der Waals surface area contributed by atoms with Crippen LogP contribution in [0.25, 0.3) is 0 Å². The van der Waals surface area contributed by atoms with Crippen molar-refractivity contribution < 1.29 is 70.2 Å². The molecule has 0 saturated heterocycles. The largest absolute Gasteiger partial charge is 0.384 e. The van der Waals surface area contributed by atoms with Crippen molar-refractivity contribution in [2.45, 2.75) is 132 Å². The number of rotatable bonds is 18. The summed E-state index contributed by atoms with van der Waals surface area (Å²) >= 11 is 0. The molecule has 0 fully saturated rings. The van der Waals surface area contributed by atoms with E-state index in [9.17, 15) is 70.2 Å². The van der Waals surface area contributed by atoms with Crippen LogP contribution in [0.4, 0.5) is 70.2 Å². The summed E-state index contributed by atoms with van der Waals surface area (Å²) in [5, 5.41) is 0. The quantitative estimate of drug-likeness (QED) is 0.109. The summed E-state index contributed by atoms with van der Waals surface area (Å²) in [5.41, 5.74) is 0. The highest BCUT2D eigenvalue weighted by molar-refractivity contribution is 5.15. The second-order valence-corrected chi connectivity index (χ2v) is 9.80. The lowest BCUT2D eigenvalue weighted by Crippen LogP contribution is -2.74. The molecule has 230 valence electrons. The van der Waals surface area contributed by atoms with Gasteiger partial charge in [-0.3, -0.25) is 0 Å². The highest BCUT2D eigenvalue weighted by Crippen LogP contribution is 2.64. The van der Waals surface area contributed by atoms with Gasteiger partial charge in [-0.1, -0.05) is 65.2 Å². The first kappa shape index (κ1) is 36.9. The average Bonchev–Trinajstić information content (AvgIpc) is 2.73. The third-order valence-electron chi connectivity index (χ3n) is 6.00. The maximum Gasteiger partial charge on any atom is 0.384 e. The first-order valence-corrected chi connectivity index (χ1v) is 11.7. The van der Waals surface area contributed by atoms with Crippen LogP contribution < -0.4 is 0 Å². The summed E-state index contributed by atoms with van der Waals surface area (Å²) in [6.45, 7) is 2.87. The van der Waals surface area contributed by atoms with Crippen molar-refractivity contribution in [3.05, 3.63) is 0 Å². The van der Waals surface area contributed by atoms with Gasteiger partial charge in [-0.05, 0) is 12.3 Å². The Labute approximate surface area is 209 Å². The molecule has 0 bridgehead atoms. The van der Waals surface area contributed by atoms with Crippen LogP contribution in [0.1, 0.15) is 85.0 Å². The number of hydrogen-bond donors (Lipinski definition) is 0. The Balaban J connectivity index is 5.48. The molecule has 0 unspecified atom stereocenters. The molecule has 0 aliphatic carbocycles. The summed E-state index contributed by atoms with van der Waals surface area (Å²) in [6, 6.07) is 0. The number of unbranched alkanes of at least 4 members (excludes halogenated alkanes) is 7. The fourth-order valence-electron chi connectivity index (χ4n) is 3.41. The number of alkyl halides is 16. The van der Waals surface area contributed by atoms with E-state index in [0.717, 1.165) is 25.7 Å². The maximum atomic E-state index is 13.9. The Morgan fingerprint density at radius 2 is 0.684 bits per heavy atom. The van der Waals surface area contributed by atoms with Crippen LogP contribution in [0.3, 0.4) is 0 Å². The van der Waals surface area contributed by atoms with E-state index < -0.39 is 67.1 Å². The van der Waals surface area contributed by atoms with Crippen molar-refractivity contribution in [2.24, 2.45) is 5.92 Å². The number of halogens is 16. The molecule has 0 amide bonds. The van der Waals surface area contributed by atoms with Crippen molar-refractivity contribution in [1.82, 2.24) is 0 Å². The third kappa shape index (κ3) is 6.95. The summed E-state index contributed by atoms with van der Waals surface area (Å²) in [4.78, 5) is 0. The average molecular weight is 598 g/mol. The lowest BCUT2D eigenvalue weighted by molar-refractivity contribution is -0.452. The molecule has 0 N–H and O–H groups in total. The van der Waals surface area contributed by atoms with E-state index in [4.69, 9.17) is 0 Å². The van der Waals surface area contributed by atoms with Crippen molar-refractivity contribution in [3.8, 4) is 0 Å². The fourth-order valence-corrected chi connectivity index (χ4v) is 3.41. The van der Waals surface area contributed by atoms with Crippen molar-refractivity contribution >= 4 is 0 Å². The van der Waals surface area contributed by atoms with Crippen LogP contribution in [0, 0.1) is 5.92 Å². The molecule has 0 nitrogen and oxygen atoms in total. The first-order chi connectivity index (χ1) is 16.7. The third-order valence-corrected chi connectivity index (χ3v) is 6.00. The van der Waals surface area contributed by atoms with Gasteiger partial charge in [0, 0.05) is 13.3 Å². The zero-order chi connectivity index (χ0) is 30.6. The van der Waals surface area contributed by atoms with Gasteiger partial charge in [0.2, 0.25) is 0 Å². The molecule has 0 aromatic carbocycles. The van der Waals surface area contributed by atoms with E-state index in [1.54, 1.807) is 0 Å². The molecule has 0 radical (unpaired) electrons. The normalized spacial score (nSPS) is 15.5. The minimum Gasteiger partial charge on any atom is -0.200 e. The predicted molar refractivity (Wildman–Crippen MR) is 106 cm³/mol. The molecule has 0 saturated carbocycles. The Hall–Kier alpha value is -1.12. The zero-order valence-electron chi connectivity index (χ0n) is 20.7. The molecule has 38 heavy (non-hydrogen) atoms. The van der Waals surface area contributed by atoms with E-state index >= 15 is 0 Å². The van der Waals surface area contributed by atoms with E-state index in [-0.39, 0.29) is 12.8 Å². The van der Waals surface area contributed by atoms with Crippen LogP contribution >= 0.6 is 0 Å². The van der Waals surface area contributed by atoms with Crippen LogP contribution in [-0.4, -0.2) is 47.4 Å². The van der Waals surface area contributed by atoms with Crippen molar-refractivity contribution in [1.29, 1.82) is 0 Å². The second kappa shape index (κ2) is 12.2. The lowest BCUT2D eigenvalue weighted by Gasteiger charge is -2.43. The molecule has 0 aliphatic rings. The Bertz CT molecular complexity index is 721. The van der Waals surface area contributed by atoms with Crippen LogP contribution in [0.2, 0.25) is 0 Å². The van der Waals surface area contributed by atoms with Gasteiger partial charge < -0.3 is 0 Å². The molecule has 0 aliphatic heterocycles. The molecule has 0 aromatic heterocycles. The van der Waals surface area contributed by atoms with Gasteiger partial charge in [0.15, 0.2) is 0 Å². The SMILES string of the molecule is CC(C)CCCCCCCCCCC(F)(F)C(F)(F)C(F)(F)C(F)(F)C(F)(F)C(F)(F)C(F)(F)C(C)(F)F. The van der Waals surface area contributed by atoms with Gasteiger partial charge in [-0.25, -0.2) is 0 Å². The maximum absolute atomic E-state index is 13.9. The Morgan fingerprint density at radius 3 is 1.03 bits per heavy atom. The zero-order valence-corrected chi connectivity index (χ0v) is 20.7. The summed E-state index contributed by atoms with van der Waals surface area (Å²) in [7, 11) is 0. The second-order valence-electron chi connectivity index (χ2n) is 9.80. The molecule has 0 aromatic rings. The highest BCUT2D eigenvalue weighted by atomic mass is 19.4. The van der Waals surface area contributed by atoms with Gasteiger partial charge in [0.1, 0.15) is 0 Å². The van der Waals surface area contributed by atoms with Gasteiger partial charge in [-0.15, -0.1) is 0 Å². The Kier molecular flexibility index (Phi) is 11.8. The first-order valence-electron chi connectivity index (χ1n) is 11.7. The standard InChI is InChI=1S/C22H30F16/c1-14(2)12-10-8-6-4-5-7-9-11-13-16(25,26)18(29,30)20(33,34)22(37,38)21(35,36)19(31,32)17(27,28)15(3,23)24/h14H,4-13H2,1-3H3. The number of hydrogen-bond acceptors (Lipinski definition) is 0. The van der Waals surface area contributed by atoms with Gasteiger partial charge >= 0.3 is 47.4 Å². The summed E-state index contributed by atoms with van der Waals surface area (Å²) in [6.07, 6.45) is 1.10. The molecule has 0 rings (SSSR count). The van der Waals surface area contributed by atoms with Gasteiger partial charge in [0.25, 0.3) is 0 Å². The molecule has 0 atom stereocenters. The molecular weight excluding hydrogens is 568 g/mol. The monoisotopic (exact) mass is 598 g/mol. The fraction of sp³-hybridized carbons (Fsp3) is 1.00. The van der Waals surface area contributed by atoms with Gasteiger partial charge in [-0.2, -0.15) is 70.2 Å². The predicted octanol–water partition coefficient (Wildman–Crippen LogP) is 10.6. The van der Waals surface area contributed by atoms with E-state index in [2.05, 4.69) is 0 Å². The van der Waals surface area contributed by atoms with Crippen molar-refractivity contribution in [3.63, 3.8) is 0 Å². The minimum atomic E-state index is -8.33. The lowest BCUT2D eigenvalue weighted by atomic mass is 9.87. The van der Waals surface area contributed by atoms with Crippen molar-refractivity contribution in [2.75, 3.05) is 0 Å².